The van der Waals surface area contributed by atoms with E-state index in [-0.39, 0.29) is 18.7 Å². The molecule has 5 heteroatoms. The van der Waals surface area contributed by atoms with Crippen LogP contribution in [0, 0.1) is 6.92 Å². The topological polar surface area (TPSA) is 62.4 Å². The Morgan fingerprint density at radius 2 is 1.58 bits per heavy atom. The Morgan fingerprint density at radius 1 is 0.903 bits per heavy atom. The first-order chi connectivity index (χ1) is 15.2. The van der Waals surface area contributed by atoms with Gasteiger partial charge in [0.15, 0.2) is 6.61 Å². The van der Waals surface area contributed by atoms with Crippen molar-refractivity contribution in [2.24, 2.45) is 0 Å². The van der Waals surface area contributed by atoms with Crippen molar-refractivity contribution in [3.63, 3.8) is 0 Å². The number of carbonyl (C=O) groups is 1. The number of carbonyl (C=O) groups excluding carboxylic acids is 1. The third-order valence-electron chi connectivity index (χ3n) is 5.40. The zero-order valence-electron chi connectivity index (χ0n) is 17.2. The van der Waals surface area contributed by atoms with Crippen LogP contribution in [0.15, 0.2) is 84.9 Å². The maximum Gasteiger partial charge on any atom is 0.262 e. The number of hydrogen-bond acceptors (Lipinski definition) is 4. The number of amides is 1. The highest BCUT2D eigenvalue weighted by Crippen LogP contribution is 2.38. The van der Waals surface area contributed by atoms with Crippen LogP contribution in [0.3, 0.4) is 0 Å². The monoisotopic (exact) mass is 409 g/mol. The Balaban J connectivity index is 1.27. The van der Waals surface area contributed by atoms with Gasteiger partial charge < -0.3 is 20.7 Å². The molecule has 5 nitrogen and oxygen atoms in total. The van der Waals surface area contributed by atoms with E-state index in [0.717, 1.165) is 28.2 Å². The predicted molar refractivity (Wildman–Crippen MR) is 126 cm³/mol. The fraction of sp³-hybridized carbons (Fsp3) is 0.115. The van der Waals surface area contributed by atoms with Crippen LogP contribution in [0.1, 0.15) is 17.3 Å². The average molecular weight is 409 g/mol. The Kier molecular flexibility index (Phi) is 4.92. The molecule has 0 spiro atoms. The van der Waals surface area contributed by atoms with E-state index in [1.54, 1.807) is 0 Å². The summed E-state index contributed by atoms with van der Waals surface area (Å²) in [6.45, 7) is 1.96. The summed E-state index contributed by atoms with van der Waals surface area (Å²) in [6, 6.07) is 28.0. The van der Waals surface area contributed by atoms with Gasteiger partial charge in [0.05, 0.1) is 0 Å². The Morgan fingerprint density at radius 3 is 2.29 bits per heavy atom. The number of anilines is 3. The summed E-state index contributed by atoms with van der Waals surface area (Å²) in [5, 5.41) is 12.4. The van der Waals surface area contributed by atoms with Crippen LogP contribution in [0.2, 0.25) is 0 Å². The molecule has 0 unspecified atom stereocenters. The standard InChI is InChI=1S/C26H23N3O2/c1-17-11-13-20(14-12-17)27-24(30)16-31-21-8-2-7-19(15-21)26-28-22-9-3-5-18-6-4-10-23(29-26)25(18)22/h2-15,26,28-29H,16H2,1H3,(H,27,30). The van der Waals surface area contributed by atoms with Crippen LogP contribution in [-0.4, -0.2) is 12.5 Å². The van der Waals surface area contributed by atoms with Gasteiger partial charge in [-0.2, -0.15) is 0 Å². The van der Waals surface area contributed by atoms with Crippen molar-refractivity contribution in [3.8, 4) is 5.75 Å². The molecule has 0 radical (unpaired) electrons. The minimum absolute atomic E-state index is 0.0506. The molecule has 0 saturated heterocycles. The zero-order valence-corrected chi connectivity index (χ0v) is 17.2. The van der Waals surface area contributed by atoms with Crippen molar-refractivity contribution in [2.45, 2.75) is 13.1 Å². The van der Waals surface area contributed by atoms with Gasteiger partial charge in [-0.3, -0.25) is 4.79 Å². The molecular weight excluding hydrogens is 386 g/mol. The van der Waals surface area contributed by atoms with Crippen LogP contribution >= 0.6 is 0 Å². The van der Waals surface area contributed by atoms with Crippen molar-refractivity contribution in [1.29, 1.82) is 0 Å². The maximum atomic E-state index is 12.2. The number of hydrogen-bond donors (Lipinski definition) is 3. The second kappa shape index (κ2) is 8.03. The molecular formula is C26H23N3O2. The molecule has 0 fully saturated rings. The van der Waals surface area contributed by atoms with Crippen LogP contribution in [0.25, 0.3) is 10.8 Å². The third-order valence-corrected chi connectivity index (χ3v) is 5.40. The fourth-order valence-electron chi connectivity index (χ4n) is 3.86. The lowest BCUT2D eigenvalue weighted by Gasteiger charge is -2.30. The smallest absolute Gasteiger partial charge is 0.262 e. The fourth-order valence-corrected chi connectivity index (χ4v) is 3.86. The largest absolute Gasteiger partial charge is 0.484 e. The van der Waals surface area contributed by atoms with E-state index in [9.17, 15) is 4.79 Å². The van der Waals surface area contributed by atoms with Crippen molar-refractivity contribution in [3.05, 3.63) is 96.1 Å². The van der Waals surface area contributed by atoms with Gasteiger partial charge in [-0.15, -0.1) is 0 Å². The minimum atomic E-state index is -0.191. The number of aryl methyl sites for hydroxylation is 1. The van der Waals surface area contributed by atoms with Crippen LogP contribution < -0.4 is 20.7 Å². The lowest BCUT2D eigenvalue weighted by molar-refractivity contribution is -0.118. The molecule has 5 rings (SSSR count). The van der Waals surface area contributed by atoms with Gasteiger partial charge in [-0.05, 0) is 54.3 Å². The van der Waals surface area contributed by atoms with E-state index in [0.29, 0.717) is 5.75 Å². The Bertz CT molecular complexity index is 1210. The summed E-state index contributed by atoms with van der Waals surface area (Å²) in [6.07, 6.45) is -0.0922. The number of nitrogens with one attached hydrogen (secondary N) is 3. The molecule has 4 aromatic carbocycles. The lowest BCUT2D eigenvalue weighted by atomic mass is 10.0. The third kappa shape index (κ3) is 4.03. The highest BCUT2D eigenvalue weighted by atomic mass is 16.5. The van der Waals surface area contributed by atoms with E-state index in [1.165, 1.54) is 10.8 Å². The van der Waals surface area contributed by atoms with Gasteiger partial charge in [0, 0.05) is 22.4 Å². The van der Waals surface area contributed by atoms with Crippen molar-refractivity contribution in [1.82, 2.24) is 0 Å². The summed E-state index contributed by atoms with van der Waals surface area (Å²) < 4.78 is 5.75. The molecule has 0 bridgehead atoms. The summed E-state index contributed by atoms with van der Waals surface area (Å²) >= 11 is 0. The van der Waals surface area contributed by atoms with Crippen LogP contribution in [0.4, 0.5) is 17.1 Å². The van der Waals surface area contributed by atoms with E-state index in [1.807, 2.05) is 55.5 Å². The predicted octanol–water partition coefficient (Wildman–Crippen LogP) is 5.70. The normalized spacial score (nSPS) is 12.7. The second-order valence-electron chi connectivity index (χ2n) is 7.71. The summed E-state index contributed by atoms with van der Waals surface area (Å²) in [5.41, 5.74) is 5.13. The number of benzene rings is 4. The van der Waals surface area contributed by atoms with Gasteiger partial charge in [0.2, 0.25) is 0 Å². The van der Waals surface area contributed by atoms with E-state index in [2.05, 4.69) is 52.3 Å². The molecule has 0 atom stereocenters. The highest BCUT2D eigenvalue weighted by molar-refractivity contribution is 6.04. The molecule has 1 amide bonds. The molecule has 0 aromatic heterocycles. The first-order valence-corrected chi connectivity index (χ1v) is 10.3. The molecule has 1 aliphatic heterocycles. The van der Waals surface area contributed by atoms with E-state index < -0.39 is 0 Å². The van der Waals surface area contributed by atoms with Gasteiger partial charge in [0.25, 0.3) is 5.91 Å². The van der Waals surface area contributed by atoms with Gasteiger partial charge in [-0.25, -0.2) is 0 Å². The average Bonchev–Trinajstić information content (AvgIpc) is 2.80. The molecule has 31 heavy (non-hydrogen) atoms. The van der Waals surface area contributed by atoms with Gasteiger partial charge in [0.1, 0.15) is 11.9 Å². The molecule has 1 aliphatic rings. The number of rotatable bonds is 5. The van der Waals surface area contributed by atoms with Gasteiger partial charge in [-0.1, -0.05) is 54.1 Å². The molecule has 3 N–H and O–H groups in total. The zero-order chi connectivity index (χ0) is 21.2. The maximum absolute atomic E-state index is 12.2. The summed E-state index contributed by atoms with van der Waals surface area (Å²) in [5.74, 6) is 0.459. The summed E-state index contributed by atoms with van der Waals surface area (Å²) in [4.78, 5) is 12.2. The molecule has 0 aliphatic carbocycles. The highest BCUT2D eigenvalue weighted by Gasteiger charge is 2.20. The minimum Gasteiger partial charge on any atom is -0.484 e. The van der Waals surface area contributed by atoms with E-state index in [4.69, 9.17) is 4.74 Å². The SMILES string of the molecule is Cc1ccc(NC(=O)COc2cccc(C3Nc4cccc5cccc(c45)N3)c2)cc1. The number of ether oxygens (including phenoxy) is 1. The quantitative estimate of drug-likeness (QED) is 0.396. The Hall–Kier alpha value is -3.99. The van der Waals surface area contributed by atoms with E-state index >= 15 is 0 Å². The first-order valence-electron chi connectivity index (χ1n) is 10.3. The summed E-state index contributed by atoms with van der Waals surface area (Å²) in [7, 11) is 0. The molecule has 1 heterocycles. The molecule has 0 saturated carbocycles. The van der Waals surface area contributed by atoms with Crippen LogP contribution in [0.5, 0.6) is 5.75 Å². The van der Waals surface area contributed by atoms with Crippen molar-refractivity contribution >= 4 is 33.7 Å². The molecule has 154 valence electrons. The molecule has 4 aromatic rings. The lowest BCUT2D eigenvalue weighted by Crippen LogP contribution is -2.24. The van der Waals surface area contributed by atoms with Gasteiger partial charge >= 0.3 is 0 Å². The van der Waals surface area contributed by atoms with Crippen molar-refractivity contribution < 1.29 is 9.53 Å². The Labute approximate surface area is 181 Å². The van der Waals surface area contributed by atoms with Crippen LogP contribution in [-0.2, 0) is 4.79 Å². The first kappa shape index (κ1) is 19.0. The second-order valence-corrected chi connectivity index (χ2v) is 7.71. The van der Waals surface area contributed by atoms with Crippen molar-refractivity contribution in [2.75, 3.05) is 22.6 Å².